The average molecular weight is 187 g/mol. The fraction of sp³-hybridized carbons (Fsp3) is 1.00. The predicted molar refractivity (Wildman–Crippen MR) is 57.8 cm³/mol. The minimum atomic E-state index is -0.677. The van der Waals surface area contributed by atoms with Gasteiger partial charge in [-0.3, -0.25) is 0 Å². The van der Waals surface area contributed by atoms with Gasteiger partial charge in [-0.15, -0.1) is 0 Å². The van der Waals surface area contributed by atoms with E-state index in [1.54, 1.807) is 0 Å². The Hall–Kier alpha value is -0.0800. The highest BCUT2D eigenvalue weighted by Gasteiger charge is 2.33. The van der Waals surface area contributed by atoms with Crippen molar-refractivity contribution < 1.29 is 5.11 Å². The van der Waals surface area contributed by atoms with Gasteiger partial charge in [-0.1, -0.05) is 13.8 Å². The molecule has 0 radical (unpaired) electrons. The maximum Gasteiger partial charge on any atom is 0.0767 e. The first kappa shape index (κ1) is 12.9. The standard InChI is InChI=1S/C11H25NO/c1-9(2)7-8-12-10(3,4)11(5,6)13/h9,12-13H,7-8H2,1-6H3. The third kappa shape index (κ3) is 4.63. The van der Waals surface area contributed by atoms with Crippen LogP contribution in [0.4, 0.5) is 0 Å². The van der Waals surface area contributed by atoms with Crippen LogP contribution in [0.25, 0.3) is 0 Å². The van der Waals surface area contributed by atoms with Crippen LogP contribution in [-0.2, 0) is 0 Å². The second-order valence-electron chi connectivity index (χ2n) is 5.29. The van der Waals surface area contributed by atoms with Crippen LogP contribution in [0.1, 0.15) is 48.0 Å². The van der Waals surface area contributed by atoms with E-state index in [1.165, 1.54) is 0 Å². The first-order chi connectivity index (χ1) is 5.67. The summed E-state index contributed by atoms with van der Waals surface area (Å²) in [4.78, 5) is 0. The Morgan fingerprint density at radius 2 is 1.62 bits per heavy atom. The second kappa shape index (κ2) is 4.43. The van der Waals surface area contributed by atoms with E-state index in [9.17, 15) is 5.11 Å². The second-order valence-corrected chi connectivity index (χ2v) is 5.29. The van der Waals surface area contributed by atoms with Crippen molar-refractivity contribution in [2.75, 3.05) is 6.54 Å². The molecular formula is C11H25NO. The van der Waals surface area contributed by atoms with E-state index in [1.807, 2.05) is 27.7 Å². The molecule has 0 fully saturated rings. The van der Waals surface area contributed by atoms with Crippen molar-refractivity contribution >= 4 is 0 Å². The maximum atomic E-state index is 9.85. The number of rotatable bonds is 5. The van der Waals surface area contributed by atoms with Gasteiger partial charge >= 0.3 is 0 Å². The molecule has 13 heavy (non-hydrogen) atoms. The molecule has 0 unspecified atom stereocenters. The molecule has 0 spiro atoms. The van der Waals surface area contributed by atoms with Gasteiger partial charge in [0.1, 0.15) is 0 Å². The van der Waals surface area contributed by atoms with Crippen LogP contribution < -0.4 is 5.32 Å². The van der Waals surface area contributed by atoms with Crippen LogP contribution in [0.5, 0.6) is 0 Å². The number of hydrogen-bond donors (Lipinski definition) is 2. The first-order valence-corrected chi connectivity index (χ1v) is 5.14. The summed E-state index contributed by atoms with van der Waals surface area (Å²) in [5, 5.41) is 13.2. The van der Waals surface area contributed by atoms with Crippen LogP contribution in [0.15, 0.2) is 0 Å². The average Bonchev–Trinajstić information content (AvgIpc) is 1.82. The highest BCUT2D eigenvalue weighted by atomic mass is 16.3. The molecular weight excluding hydrogens is 162 g/mol. The zero-order chi connectivity index (χ0) is 10.7. The van der Waals surface area contributed by atoms with Crippen molar-refractivity contribution in [2.24, 2.45) is 5.92 Å². The smallest absolute Gasteiger partial charge is 0.0767 e. The lowest BCUT2D eigenvalue weighted by Gasteiger charge is -2.38. The summed E-state index contributed by atoms with van der Waals surface area (Å²) in [6, 6.07) is 0. The van der Waals surface area contributed by atoms with E-state index in [2.05, 4.69) is 19.2 Å². The van der Waals surface area contributed by atoms with E-state index in [0.29, 0.717) is 5.92 Å². The summed E-state index contributed by atoms with van der Waals surface area (Å²) in [5.74, 6) is 0.713. The van der Waals surface area contributed by atoms with Gasteiger partial charge in [-0.25, -0.2) is 0 Å². The zero-order valence-electron chi connectivity index (χ0n) is 9.94. The van der Waals surface area contributed by atoms with Gasteiger partial charge in [0.05, 0.1) is 5.60 Å². The molecule has 0 aliphatic heterocycles. The predicted octanol–water partition coefficient (Wildman–Crippen LogP) is 2.17. The SMILES string of the molecule is CC(C)CCNC(C)(C)C(C)(C)O. The minimum Gasteiger partial charge on any atom is -0.389 e. The monoisotopic (exact) mass is 187 g/mol. The van der Waals surface area contributed by atoms with Gasteiger partial charge in [0.15, 0.2) is 0 Å². The third-order valence-corrected chi connectivity index (χ3v) is 2.82. The minimum absolute atomic E-state index is 0.220. The van der Waals surface area contributed by atoms with Crippen LogP contribution in [0.3, 0.4) is 0 Å². The number of hydrogen-bond acceptors (Lipinski definition) is 2. The third-order valence-electron chi connectivity index (χ3n) is 2.82. The Bertz CT molecular complexity index is 145. The molecule has 0 atom stereocenters. The van der Waals surface area contributed by atoms with Crippen molar-refractivity contribution in [3.8, 4) is 0 Å². The highest BCUT2D eigenvalue weighted by Crippen LogP contribution is 2.20. The summed E-state index contributed by atoms with van der Waals surface area (Å²) in [7, 11) is 0. The van der Waals surface area contributed by atoms with Crippen LogP contribution in [0, 0.1) is 5.92 Å². The maximum absolute atomic E-state index is 9.85. The first-order valence-electron chi connectivity index (χ1n) is 5.14. The molecule has 0 saturated heterocycles. The summed E-state index contributed by atoms with van der Waals surface area (Å²) in [6.45, 7) is 13.1. The molecule has 0 aliphatic carbocycles. The van der Waals surface area contributed by atoms with E-state index in [0.717, 1.165) is 13.0 Å². The lowest BCUT2D eigenvalue weighted by Crippen LogP contribution is -2.56. The number of nitrogens with one attached hydrogen (secondary N) is 1. The molecule has 2 N–H and O–H groups in total. The van der Waals surface area contributed by atoms with Gasteiger partial charge in [0.25, 0.3) is 0 Å². The summed E-state index contributed by atoms with van der Waals surface area (Å²) >= 11 is 0. The highest BCUT2D eigenvalue weighted by molar-refractivity contribution is 4.93. The molecule has 0 rings (SSSR count). The van der Waals surface area contributed by atoms with Crippen molar-refractivity contribution in [3.05, 3.63) is 0 Å². The molecule has 0 aromatic heterocycles. The Labute approximate surface area is 82.7 Å². The molecule has 0 saturated carbocycles. The molecule has 80 valence electrons. The largest absolute Gasteiger partial charge is 0.389 e. The lowest BCUT2D eigenvalue weighted by atomic mass is 9.86. The fourth-order valence-corrected chi connectivity index (χ4v) is 0.890. The van der Waals surface area contributed by atoms with E-state index in [4.69, 9.17) is 0 Å². The molecule has 0 bridgehead atoms. The van der Waals surface area contributed by atoms with E-state index < -0.39 is 5.60 Å². The molecule has 0 heterocycles. The fourth-order valence-electron chi connectivity index (χ4n) is 0.890. The van der Waals surface area contributed by atoms with Crippen LogP contribution in [-0.4, -0.2) is 22.8 Å². The van der Waals surface area contributed by atoms with Crippen LogP contribution >= 0.6 is 0 Å². The van der Waals surface area contributed by atoms with Gasteiger partial charge in [-0.2, -0.15) is 0 Å². The van der Waals surface area contributed by atoms with E-state index >= 15 is 0 Å². The molecule has 0 amide bonds. The Kier molecular flexibility index (Phi) is 4.40. The van der Waals surface area contributed by atoms with Crippen molar-refractivity contribution in [2.45, 2.75) is 59.1 Å². The Morgan fingerprint density at radius 3 is 1.92 bits per heavy atom. The van der Waals surface area contributed by atoms with Gasteiger partial charge in [0, 0.05) is 5.54 Å². The molecule has 0 aromatic rings. The molecule has 0 aliphatic rings. The molecule has 2 nitrogen and oxygen atoms in total. The summed E-state index contributed by atoms with van der Waals surface area (Å²) in [6.07, 6.45) is 1.15. The van der Waals surface area contributed by atoms with Crippen molar-refractivity contribution in [3.63, 3.8) is 0 Å². The number of aliphatic hydroxyl groups is 1. The topological polar surface area (TPSA) is 32.3 Å². The molecule has 2 heteroatoms. The quantitative estimate of drug-likeness (QED) is 0.691. The van der Waals surface area contributed by atoms with Crippen LogP contribution in [0.2, 0.25) is 0 Å². The lowest BCUT2D eigenvalue weighted by molar-refractivity contribution is -0.00471. The summed E-state index contributed by atoms with van der Waals surface area (Å²) in [5.41, 5.74) is -0.897. The van der Waals surface area contributed by atoms with Gasteiger partial charge in [-0.05, 0) is 46.6 Å². The van der Waals surface area contributed by atoms with Gasteiger partial charge in [0.2, 0.25) is 0 Å². The van der Waals surface area contributed by atoms with Crippen molar-refractivity contribution in [1.82, 2.24) is 5.32 Å². The summed E-state index contributed by atoms with van der Waals surface area (Å²) < 4.78 is 0. The van der Waals surface area contributed by atoms with E-state index in [-0.39, 0.29) is 5.54 Å². The molecule has 0 aromatic carbocycles. The van der Waals surface area contributed by atoms with Gasteiger partial charge < -0.3 is 10.4 Å². The zero-order valence-corrected chi connectivity index (χ0v) is 9.94. The van der Waals surface area contributed by atoms with Crippen molar-refractivity contribution in [1.29, 1.82) is 0 Å². The Balaban J connectivity index is 3.90. The normalized spacial score (nSPS) is 13.8. The Morgan fingerprint density at radius 1 is 1.15 bits per heavy atom.